The quantitative estimate of drug-likeness (QED) is 0.736. The van der Waals surface area contributed by atoms with Crippen molar-refractivity contribution in [1.29, 1.82) is 0 Å². The Balaban J connectivity index is 1.92. The highest BCUT2D eigenvalue weighted by atomic mass is 15.6. The van der Waals surface area contributed by atoms with Crippen LogP contribution < -0.4 is 10.6 Å². The topological polar surface area (TPSA) is 85.2 Å². The summed E-state index contributed by atoms with van der Waals surface area (Å²) < 4.78 is 1.45. The van der Waals surface area contributed by atoms with Gasteiger partial charge in [-0.2, -0.15) is 0 Å². The van der Waals surface area contributed by atoms with E-state index in [0.717, 1.165) is 25.2 Å². The van der Waals surface area contributed by atoms with Crippen molar-refractivity contribution in [2.75, 3.05) is 11.4 Å². The van der Waals surface area contributed by atoms with Gasteiger partial charge >= 0.3 is 0 Å². The molecule has 0 bridgehead atoms. The largest absolute Gasteiger partial charge is 0.352 e. The van der Waals surface area contributed by atoms with E-state index in [9.17, 15) is 0 Å². The highest BCUT2D eigenvalue weighted by Crippen LogP contribution is 2.21. The summed E-state index contributed by atoms with van der Waals surface area (Å²) in [5.41, 5.74) is 6.62. The van der Waals surface area contributed by atoms with E-state index in [0.29, 0.717) is 17.7 Å². The molecule has 1 fully saturated rings. The van der Waals surface area contributed by atoms with Gasteiger partial charge in [-0.05, 0) is 42.3 Å². The Morgan fingerprint density at radius 2 is 2.29 bits per heavy atom. The molecule has 2 N–H and O–H groups in total. The maximum absolute atomic E-state index is 5.95. The third kappa shape index (κ3) is 1.82. The fourth-order valence-electron chi connectivity index (χ4n) is 2.34. The van der Waals surface area contributed by atoms with Gasteiger partial charge in [0.05, 0.1) is 0 Å². The molecule has 1 aliphatic rings. The SMILES string of the molecule is CC1CC(N)CCN1c1ccc2nnnn2n1. The lowest BCUT2D eigenvalue weighted by molar-refractivity contribution is 0.425. The lowest BCUT2D eigenvalue weighted by Gasteiger charge is -2.36. The molecule has 7 nitrogen and oxygen atoms in total. The summed E-state index contributed by atoms with van der Waals surface area (Å²) in [4.78, 5) is 2.25. The fourth-order valence-corrected chi connectivity index (χ4v) is 2.34. The van der Waals surface area contributed by atoms with Crippen molar-refractivity contribution in [3.63, 3.8) is 0 Å². The second kappa shape index (κ2) is 3.92. The van der Waals surface area contributed by atoms with Gasteiger partial charge in [-0.1, -0.05) is 0 Å². The van der Waals surface area contributed by atoms with Crippen LogP contribution >= 0.6 is 0 Å². The predicted octanol–water partition coefficient (Wildman–Crippen LogP) is -0.165. The van der Waals surface area contributed by atoms with E-state index in [1.807, 2.05) is 12.1 Å². The van der Waals surface area contributed by atoms with Crippen LogP contribution in [-0.4, -0.2) is 43.9 Å². The third-order valence-electron chi connectivity index (χ3n) is 3.27. The zero-order valence-corrected chi connectivity index (χ0v) is 9.69. The molecule has 17 heavy (non-hydrogen) atoms. The van der Waals surface area contributed by atoms with Gasteiger partial charge in [0.15, 0.2) is 11.5 Å². The molecule has 3 heterocycles. The summed E-state index contributed by atoms with van der Waals surface area (Å²) in [6.45, 7) is 3.10. The maximum Gasteiger partial charge on any atom is 0.200 e. The van der Waals surface area contributed by atoms with Gasteiger partial charge in [0.2, 0.25) is 0 Å². The zero-order valence-electron chi connectivity index (χ0n) is 9.69. The van der Waals surface area contributed by atoms with Crippen molar-refractivity contribution in [2.24, 2.45) is 5.73 Å². The average Bonchev–Trinajstić information content (AvgIpc) is 2.75. The minimum Gasteiger partial charge on any atom is -0.352 e. The molecule has 1 aliphatic heterocycles. The summed E-state index contributed by atoms with van der Waals surface area (Å²) >= 11 is 0. The first-order valence-electron chi connectivity index (χ1n) is 5.81. The number of aromatic nitrogens is 5. The minimum atomic E-state index is 0.304. The van der Waals surface area contributed by atoms with Crippen LogP contribution in [0.1, 0.15) is 19.8 Å². The van der Waals surface area contributed by atoms with E-state index >= 15 is 0 Å². The van der Waals surface area contributed by atoms with Crippen LogP contribution in [0.25, 0.3) is 5.65 Å². The van der Waals surface area contributed by atoms with Crippen LogP contribution in [0.5, 0.6) is 0 Å². The van der Waals surface area contributed by atoms with E-state index in [1.165, 1.54) is 4.63 Å². The van der Waals surface area contributed by atoms with Crippen LogP contribution in [0.2, 0.25) is 0 Å². The van der Waals surface area contributed by atoms with E-state index in [1.54, 1.807) is 0 Å². The number of tetrazole rings is 1. The average molecular weight is 233 g/mol. The van der Waals surface area contributed by atoms with Gasteiger partial charge < -0.3 is 10.6 Å². The lowest BCUT2D eigenvalue weighted by atomic mass is 9.99. The molecule has 90 valence electrons. The first-order valence-corrected chi connectivity index (χ1v) is 5.81. The standard InChI is InChI=1S/C10H15N7/c1-7-6-8(11)4-5-16(7)10-3-2-9-12-14-15-17(9)13-10/h2-3,7-8H,4-6,11H2,1H3. The molecule has 2 aromatic rings. The van der Waals surface area contributed by atoms with Crippen LogP contribution in [0.4, 0.5) is 5.82 Å². The van der Waals surface area contributed by atoms with Crippen molar-refractivity contribution >= 4 is 11.5 Å². The number of hydrogen-bond donors (Lipinski definition) is 1. The van der Waals surface area contributed by atoms with Crippen LogP contribution in [-0.2, 0) is 0 Å². The molecular weight excluding hydrogens is 218 g/mol. The number of nitrogens with two attached hydrogens (primary N) is 1. The Hall–Kier alpha value is -1.76. The van der Waals surface area contributed by atoms with Crippen molar-refractivity contribution in [1.82, 2.24) is 25.3 Å². The summed E-state index contributed by atoms with van der Waals surface area (Å²) in [6.07, 6.45) is 2.00. The molecule has 2 aromatic heterocycles. The maximum atomic E-state index is 5.95. The van der Waals surface area contributed by atoms with Gasteiger partial charge in [0.1, 0.15) is 0 Å². The monoisotopic (exact) mass is 233 g/mol. The Morgan fingerprint density at radius 1 is 1.41 bits per heavy atom. The molecular formula is C10H15N7. The van der Waals surface area contributed by atoms with Crippen LogP contribution in [0, 0.1) is 0 Å². The first-order chi connectivity index (χ1) is 8.24. The second-order valence-electron chi connectivity index (χ2n) is 4.54. The number of fused-ring (bicyclic) bond motifs is 1. The normalized spacial score (nSPS) is 25.4. The van der Waals surface area contributed by atoms with Gasteiger partial charge in [-0.3, -0.25) is 0 Å². The van der Waals surface area contributed by atoms with E-state index in [4.69, 9.17) is 5.73 Å². The molecule has 0 aliphatic carbocycles. The van der Waals surface area contributed by atoms with Gasteiger partial charge in [-0.15, -0.1) is 14.8 Å². The molecule has 0 radical (unpaired) electrons. The number of piperidine rings is 1. The smallest absolute Gasteiger partial charge is 0.200 e. The summed E-state index contributed by atoms with van der Waals surface area (Å²) in [5, 5.41) is 15.6. The second-order valence-corrected chi connectivity index (χ2v) is 4.54. The zero-order chi connectivity index (χ0) is 11.8. The summed E-state index contributed by atoms with van der Waals surface area (Å²) in [7, 11) is 0. The number of rotatable bonds is 1. The van der Waals surface area contributed by atoms with Gasteiger partial charge in [0, 0.05) is 18.6 Å². The molecule has 2 atom stereocenters. The van der Waals surface area contributed by atoms with Crippen molar-refractivity contribution in [2.45, 2.75) is 31.8 Å². The summed E-state index contributed by atoms with van der Waals surface area (Å²) in [5.74, 6) is 0.907. The lowest BCUT2D eigenvalue weighted by Crippen LogP contribution is -2.46. The molecule has 0 spiro atoms. The number of hydrogen-bond acceptors (Lipinski definition) is 6. The van der Waals surface area contributed by atoms with Crippen molar-refractivity contribution < 1.29 is 0 Å². The highest BCUT2D eigenvalue weighted by Gasteiger charge is 2.24. The minimum absolute atomic E-state index is 0.304. The fraction of sp³-hybridized carbons (Fsp3) is 0.600. The number of anilines is 1. The first kappa shape index (κ1) is 10.4. The van der Waals surface area contributed by atoms with E-state index < -0.39 is 0 Å². The molecule has 2 unspecified atom stereocenters. The van der Waals surface area contributed by atoms with Crippen LogP contribution in [0.15, 0.2) is 12.1 Å². The molecule has 0 saturated carbocycles. The van der Waals surface area contributed by atoms with Crippen LogP contribution in [0.3, 0.4) is 0 Å². The molecule has 7 heteroatoms. The Kier molecular flexibility index (Phi) is 2.40. The van der Waals surface area contributed by atoms with E-state index in [-0.39, 0.29) is 0 Å². The van der Waals surface area contributed by atoms with Crippen molar-refractivity contribution in [3.8, 4) is 0 Å². The molecule has 1 saturated heterocycles. The van der Waals surface area contributed by atoms with Crippen molar-refractivity contribution in [3.05, 3.63) is 12.1 Å². The Labute approximate surface area is 98.6 Å². The molecule has 3 rings (SSSR count). The molecule has 0 amide bonds. The highest BCUT2D eigenvalue weighted by molar-refractivity contribution is 5.45. The van der Waals surface area contributed by atoms with E-state index in [2.05, 4.69) is 32.4 Å². The predicted molar refractivity (Wildman–Crippen MR) is 62.6 cm³/mol. The van der Waals surface area contributed by atoms with Gasteiger partial charge in [0.25, 0.3) is 0 Å². The third-order valence-corrected chi connectivity index (χ3v) is 3.27. The molecule has 0 aromatic carbocycles. The number of nitrogens with zero attached hydrogens (tertiary/aromatic N) is 6. The Morgan fingerprint density at radius 3 is 3.12 bits per heavy atom. The Bertz CT molecular complexity index is 522. The van der Waals surface area contributed by atoms with Gasteiger partial charge in [-0.25, -0.2) is 0 Å². The summed E-state index contributed by atoms with van der Waals surface area (Å²) in [6, 6.07) is 4.54.